The summed E-state index contributed by atoms with van der Waals surface area (Å²) in [6, 6.07) is 0.646. The number of nitrogens with one attached hydrogen (secondary N) is 1. The largest absolute Gasteiger partial charge is 0.394 e. The Morgan fingerprint density at radius 1 is 1.41 bits per heavy atom. The zero-order valence-corrected chi connectivity index (χ0v) is 16.9. The van der Waals surface area contributed by atoms with Crippen molar-refractivity contribution in [2.24, 2.45) is 5.14 Å². The molecule has 0 amide bonds. The molecule has 152 valence electrons. The summed E-state index contributed by atoms with van der Waals surface area (Å²) in [5, 5.41) is 38.7. The number of alkyl halides is 1. The summed E-state index contributed by atoms with van der Waals surface area (Å²) >= 11 is 3.05. The van der Waals surface area contributed by atoms with Gasteiger partial charge in [-0.2, -0.15) is 0 Å². The molecule has 5 N–H and O–H groups in total. The highest BCUT2D eigenvalue weighted by atomic mass is 79.9. The zero-order chi connectivity index (χ0) is 20.6. The number of nitro benzene ring substituents is 1. The highest BCUT2D eigenvalue weighted by Gasteiger charge is 2.45. The average Bonchev–Trinajstić information content (AvgIpc) is 2.55. The molecule has 0 spiro atoms. The van der Waals surface area contributed by atoms with Crippen LogP contribution >= 0.6 is 15.9 Å². The van der Waals surface area contributed by atoms with Crippen LogP contribution in [-0.2, 0) is 10.0 Å². The number of sulfonamides is 1. The second kappa shape index (κ2) is 7.59. The minimum atomic E-state index is -4.19. The van der Waals surface area contributed by atoms with Gasteiger partial charge >= 0.3 is 0 Å². The molecule has 0 aromatic heterocycles. The molecule has 1 fully saturated rings. The van der Waals surface area contributed by atoms with Crippen molar-refractivity contribution in [3.05, 3.63) is 26.7 Å². The van der Waals surface area contributed by atoms with Crippen molar-refractivity contribution in [2.75, 3.05) is 11.9 Å². The number of hydrogen-bond acceptors (Lipinski definition) is 7. The van der Waals surface area contributed by atoms with Gasteiger partial charge in [0.25, 0.3) is 5.69 Å². The van der Waals surface area contributed by atoms with E-state index < -0.39 is 49.4 Å². The molecule has 0 bridgehead atoms. The number of nitrogens with zero attached hydrogens (tertiary/aromatic N) is 1. The number of anilines is 1. The third kappa shape index (κ3) is 4.93. The minimum Gasteiger partial charge on any atom is -0.394 e. The predicted molar refractivity (Wildman–Crippen MR) is 99.6 cm³/mol. The lowest BCUT2D eigenvalue weighted by molar-refractivity contribution is -0.384. The van der Waals surface area contributed by atoms with Crippen molar-refractivity contribution in [3.63, 3.8) is 0 Å². The molecule has 9 nitrogen and oxygen atoms in total. The van der Waals surface area contributed by atoms with Gasteiger partial charge in [-0.1, -0.05) is 0 Å². The number of primary sulfonamides is 1. The standard InChI is InChI=1S/C15H21BrFN3O6S/c1-14(22)2-4-15(17,5-3-14)12(8-21)19-13-10(16)6-9(27(18,25)26)7-11(13)20(23)24/h6-7,12,19,21-22H,2-5,8H2,1H3,(H2,18,25,26). The monoisotopic (exact) mass is 469 g/mol. The minimum absolute atomic E-state index is 0.00872. The molecule has 1 unspecified atom stereocenters. The van der Waals surface area contributed by atoms with Crippen LogP contribution in [-0.4, -0.2) is 47.5 Å². The first kappa shape index (κ1) is 22.0. The summed E-state index contributed by atoms with van der Waals surface area (Å²) in [5.41, 5.74) is -3.69. The zero-order valence-electron chi connectivity index (χ0n) is 14.5. The van der Waals surface area contributed by atoms with Crippen molar-refractivity contribution in [1.29, 1.82) is 0 Å². The number of halogens is 2. The Bertz CT molecular complexity index is 838. The van der Waals surface area contributed by atoms with E-state index in [4.69, 9.17) is 5.14 Å². The van der Waals surface area contributed by atoms with Gasteiger partial charge in [0.05, 0.1) is 28.1 Å². The third-order valence-electron chi connectivity index (χ3n) is 4.85. The van der Waals surface area contributed by atoms with Crippen LogP contribution < -0.4 is 10.5 Å². The molecule has 27 heavy (non-hydrogen) atoms. The Balaban J connectivity index is 2.41. The first-order valence-electron chi connectivity index (χ1n) is 8.08. The van der Waals surface area contributed by atoms with Crippen LogP contribution in [0.15, 0.2) is 21.5 Å². The van der Waals surface area contributed by atoms with Gasteiger partial charge in [-0.3, -0.25) is 10.1 Å². The maximum Gasteiger partial charge on any atom is 0.294 e. The molecular weight excluding hydrogens is 449 g/mol. The third-order valence-corrected chi connectivity index (χ3v) is 6.37. The van der Waals surface area contributed by atoms with Gasteiger partial charge in [0.2, 0.25) is 10.0 Å². The topological polar surface area (TPSA) is 156 Å². The molecular formula is C15H21BrFN3O6S. The number of nitro groups is 1. The van der Waals surface area contributed by atoms with Gasteiger partial charge in [0.15, 0.2) is 0 Å². The van der Waals surface area contributed by atoms with Crippen LogP contribution in [0.4, 0.5) is 15.8 Å². The Hall–Kier alpha value is -1.34. The maximum atomic E-state index is 15.4. The summed E-state index contributed by atoms with van der Waals surface area (Å²) in [7, 11) is -4.19. The van der Waals surface area contributed by atoms with E-state index in [0.29, 0.717) is 0 Å². The van der Waals surface area contributed by atoms with Gasteiger partial charge in [-0.25, -0.2) is 17.9 Å². The van der Waals surface area contributed by atoms with Gasteiger partial charge in [-0.05, 0) is 54.6 Å². The van der Waals surface area contributed by atoms with Crippen molar-refractivity contribution in [2.45, 2.75) is 54.8 Å². The van der Waals surface area contributed by atoms with Gasteiger partial charge in [0.1, 0.15) is 11.4 Å². The van der Waals surface area contributed by atoms with E-state index in [0.717, 1.165) is 12.1 Å². The van der Waals surface area contributed by atoms with Crippen molar-refractivity contribution >= 4 is 37.3 Å². The molecule has 0 saturated heterocycles. The molecule has 1 aliphatic rings. The number of nitrogens with two attached hydrogens (primary N) is 1. The number of hydrogen-bond donors (Lipinski definition) is 4. The number of rotatable bonds is 6. The fourth-order valence-electron chi connectivity index (χ4n) is 3.08. The van der Waals surface area contributed by atoms with Crippen molar-refractivity contribution in [3.8, 4) is 0 Å². The average molecular weight is 470 g/mol. The first-order chi connectivity index (χ1) is 12.3. The predicted octanol–water partition coefficient (Wildman–Crippen LogP) is 1.81. The molecule has 2 rings (SSSR count). The van der Waals surface area contributed by atoms with Crippen LogP contribution in [0.2, 0.25) is 0 Å². The Morgan fingerprint density at radius 3 is 2.41 bits per heavy atom. The molecule has 1 aromatic carbocycles. The maximum absolute atomic E-state index is 15.4. The lowest BCUT2D eigenvalue weighted by Crippen LogP contribution is -2.51. The second-order valence-corrected chi connectivity index (χ2v) is 9.43. The van der Waals surface area contributed by atoms with E-state index in [9.17, 15) is 28.7 Å². The van der Waals surface area contributed by atoms with Crippen LogP contribution in [0.3, 0.4) is 0 Å². The molecule has 0 heterocycles. The van der Waals surface area contributed by atoms with Crippen LogP contribution in [0, 0.1) is 10.1 Å². The molecule has 0 radical (unpaired) electrons. The Labute approximate surface area is 164 Å². The highest BCUT2D eigenvalue weighted by Crippen LogP contribution is 2.42. The molecule has 1 aromatic rings. The van der Waals surface area contributed by atoms with E-state index in [2.05, 4.69) is 21.2 Å². The van der Waals surface area contributed by atoms with E-state index in [-0.39, 0.29) is 35.8 Å². The normalized spacial score (nSPS) is 27.2. The number of aliphatic hydroxyl groups excluding tert-OH is 1. The Kier molecular flexibility index (Phi) is 6.17. The Morgan fingerprint density at radius 2 is 1.96 bits per heavy atom. The first-order valence-corrected chi connectivity index (χ1v) is 10.4. The summed E-state index contributed by atoms with van der Waals surface area (Å²) < 4.78 is 38.4. The molecule has 1 aliphatic carbocycles. The van der Waals surface area contributed by atoms with Gasteiger partial charge in [0, 0.05) is 10.5 Å². The number of aliphatic hydroxyl groups is 2. The fraction of sp³-hybridized carbons (Fsp3) is 0.600. The molecule has 1 saturated carbocycles. The summed E-state index contributed by atoms with van der Waals surface area (Å²) in [4.78, 5) is 10.1. The second-order valence-electron chi connectivity index (χ2n) is 7.01. The van der Waals surface area contributed by atoms with Crippen LogP contribution in [0.25, 0.3) is 0 Å². The number of benzene rings is 1. The van der Waals surface area contributed by atoms with Crippen LogP contribution in [0.1, 0.15) is 32.6 Å². The molecule has 1 atom stereocenters. The van der Waals surface area contributed by atoms with E-state index in [1.165, 1.54) is 0 Å². The fourth-order valence-corrected chi connectivity index (χ4v) is 4.36. The quantitative estimate of drug-likeness (QED) is 0.365. The smallest absolute Gasteiger partial charge is 0.294 e. The molecule has 12 heteroatoms. The van der Waals surface area contributed by atoms with E-state index >= 15 is 4.39 Å². The van der Waals surface area contributed by atoms with E-state index in [1.54, 1.807) is 6.92 Å². The lowest BCUT2D eigenvalue weighted by Gasteiger charge is -2.41. The summed E-state index contributed by atoms with van der Waals surface area (Å²) in [6.07, 6.45) is 0.266. The van der Waals surface area contributed by atoms with E-state index in [1.807, 2.05) is 0 Å². The van der Waals surface area contributed by atoms with Gasteiger partial charge in [-0.15, -0.1) is 0 Å². The van der Waals surface area contributed by atoms with Crippen LogP contribution in [0.5, 0.6) is 0 Å². The van der Waals surface area contributed by atoms with Crippen molar-refractivity contribution < 1.29 is 27.9 Å². The highest BCUT2D eigenvalue weighted by molar-refractivity contribution is 9.10. The lowest BCUT2D eigenvalue weighted by atomic mass is 9.74. The summed E-state index contributed by atoms with van der Waals surface area (Å²) in [6.45, 7) is 0.945. The molecule has 0 aliphatic heterocycles. The SMILES string of the molecule is CC1(O)CCC(F)(C(CO)Nc2c(Br)cc(S(N)(=O)=O)cc2[N+](=O)[O-])CC1. The summed E-state index contributed by atoms with van der Waals surface area (Å²) in [5.74, 6) is 0. The van der Waals surface area contributed by atoms with Crippen molar-refractivity contribution in [1.82, 2.24) is 0 Å². The van der Waals surface area contributed by atoms with Gasteiger partial charge < -0.3 is 15.5 Å².